The molecule has 2 aromatic rings. The van der Waals surface area contributed by atoms with E-state index in [4.69, 9.17) is 9.72 Å². The quantitative estimate of drug-likeness (QED) is 0.420. The number of nitrogens with one attached hydrogen (secondary N) is 2. The fourth-order valence-corrected chi connectivity index (χ4v) is 6.04. The predicted octanol–water partition coefficient (Wildman–Crippen LogP) is 3.89. The summed E-state index contributed by atoms with van der Waals surface area (Å²) in [5.41, 5.74) is 2.31. The summed E-state index contributed by atoms with van der Waals surface area (Å²) >= 11 is 0. The Hall–Kier alpha value is -3.20. The Morgan fingerprint density at radius 3 is 2.59 bits per heavy atom. The maximum absolute atomic E-state index is 13.7. The molecule has 1 saturated carbocycles. The molecule has 2 aromatic heterocycles. The summed E-state index contributed by atoms with van der Waals surface area (Å²) in [6, 6.07) is 5.80. The van der Waals surface area contributed by atoms with E-state index in [1.807, 2.05) is 32.2 Å². The molecule has 0 spiro atoms. The van der Waals surface area contributed by atoms with Gasteiger partial charge in [-0.15, -0.1) is 0 Å². The number of pyridine rings is 2. The van der Waals surface area contributed by atoms with E-state index in [1.54, 1.807) is 12.4 Å². The number of aromatic nitrogens is 2. The molecule has 1 aliphatic heterocycles. The number of amides is 2. The van der Waals surface area contributed by atoms with Gasteiger partial charge in [-0.1, -0.05) is 26.7 Å². The van der Waals surface area contributed by atoms with Gasteiger partial charge in [0.15, 0.2) is 5.69 Å². The molecule has 212 valence electrons. The smallest absolute Gasteiger partial charge is 0.272 e. The summed E-state index contributed by atoms with van der Waals surface area (Å²) in [5.74, 6) is 0.708. The van der Waals surface area contributed by atoms with E-state index in [2.05, 4.69) is 39.3 Å². The van der Waals surface area contributed by atoms with Crippen molar-refractivity contribution in [3.63, 3.8) is 0 Å². The molecule has 1 atom stereocenters. The van der Waals surface area contributed by atoms with Crippen LogP contribution in [-0.2, 0) is 4.79 Å². The molecule has 0 radical (unpaired) electrons. The molecule has 2 amide bonds. The van der Waals surface area contributed by atoms with Crippen LogP contribution in [0.5, 0.6) is 5.75 Å². The van der Waals surface area contributed by atoms with Crippen molar-refractivity contribution in [3.05, 3.63) is 36.3 Å². The fourth-order valence-electron chi connectivity index (χ4n) is 6.04. The van der Waals surface area contributed by atoms with Gasteiger partial charge in [-0.25, -0.2) is 4.98 Å². The van der Waals surface area contributed by atoms with Crippen LogP contribution < -0.4 is 20.3 Å². The molecule has 3 heterocycles. The van der Waals surface area contributed by atoms with Crippen molar-refractivity contribution in [3.8, 4) is 17.0 Å². The molecule has 2 fully saturated rings. The van der Waals surface area contributed by atoms with Crippen molar-refractivity contribution >= 4 is 17.5 Å². The topological polar surface area (TPSA) is 99.7 Å². The Morgan fingerprint density at radius 1 is 1.15 bits per heavy atom. The third-order valence-corrected chi connectivity index (χ3v) is 8.32. The number of rotatable bonds is 11. The van der Waals surface area contributed by atoms with E-state index in [0.717, 1.165) is 49.8 Å². The maximum atomic E-state index is 13.7. The van der Waals surface area contributed by atoms with Crippen LogP contribution in [0.3, 0.4) is 0 Å². The first-order valence-electron chi connectivity index (χ1n) is 14.5. The molecule has 2 aliphatic rings. The van der Waals surface area contributed by atoms with Gasteiger partial charge in [-0.3, -0.25) is 14.6 Å². The molecule has 1 aliphatic carbocycles. The Labute approximate surface area is 232 Å². The lowest BCUT2D eigenvalue weighted by atomic mass is 9.81. The first-order chi connectivity index (χ1) is 19.0. The van der Waals surface area contributed by atoms with Crippen LogP contribution in [0.25, 0.3) is 11.3 Å². The maximum Gasteiger partial charge on any atom is 0.272 e. The summed E-state index contributed by atoms with van der Waals surface area (Å²) in [4.78, 5) is 40.7. The summed E-state index contributed by atoms with van der Waals surface area (Å²) < 4.78 is 6.06. The number of nitrogens with zero attached hydrogens (tertiary/aromatic N) is 4. The van der Waals surface area contributed by atoms with Crippen molar-refractivity contribution in [1.29, 1.82) is 0 Å². The van der Waals surface area contributed by atoms with Crippen molar-refractivity contribution in [2.75, 3.05) is 51.3 Å². The van der Waals surface area contributed by atoms with Crippen LogP contribution in [0.15, 0.2) is 30.6 Å². The molecule has 0 aromatic carbocycles. The molecule has 9 nitrogen and oxygen atoms in total. The van der Waals surface area contributed by atoms with Crippen LogP contribution in [0.4, 0.5) is 5.69 Å². The molecule has 0 bridgehead atoms. The van der Waals surface area contributed by atoms with Crippen LogP contribution in [0.2, 0.25) is 0 Å². The molecular formula is C30H44N6O3. The zero-order chi connectivity index (χ0) is 27.8. The first kappa shape index (κ1) is 28.8. The molecule has 0 unspecified atom stereocenters. The SMILES string of the molecule is CCOc1cc(N2CCN(C(=O)C3(CC)CCCC3)C[C@H]2CC)c(C(=O)NCCNC)nc1-c1cccnc1. The van der Waals surface area contributed by atoms with Crippen LogP contribution in [0.1, 0.15) is 69.8 Å². The van der Waals surface area contributed by atoms with Gasteiger partial charge in [0, 0.05) is 68.2 Å². The molecule has 1 saturated heterocycles. The lowest BCUT2D eigenvalue weighted by molar-refractivity contribution is -0.143. The first-order valence-corrected chi connectivity index (χ1v) is 14.5. The Morgan fingerprint density at radius 2 is 1.95 bits per heavy atom. The number of hydrogen-bond acceptors (Lipinski definition) is 7. The van der Waals surface area contributed by atoms with Gasteiger partial charge in [0.25, 0.3) is 5.91 Å². The fraction of sp³-hybridized carbons (Fsp3) is 0.600. The standard InChI is InChI=1S/C30H44N6O3/c1-5-23-21-35(29(38)30(6-2)12-8-9-13-30)17-18-36(23)24-19-25(39-7-3)26(22-11-10-14-32-20-22)34-27(24)28(37)33-16-15-31-4/h10-11,14,19-20,23,31H,5-9,12-13,15-18,21H2,1-4H3,(H,33,37)/t23-/m1/s1. The van der Waals surface area contributed by atoms with Gasteiger partial charge in [0.05, 0.1) is 12.3 Å². The third-order valence-electron chi connectivity index (χ3n) is 8.32. The van der Waals surface area contributed by atoms with Gasteiger partial charge < -0.3 is 25.2 Å². The molecular weight excluding hydrogens is 492 g/mol. The Balaban J connectivity index is 1.70. The highest BCUT2D eigenvalue weighted by atomic mass is 16.5. The Bertz CT molecular complexity index is 1120. The van der Waals surface area contributed by atoms with E-state index in [0.29, 0.717) is 62.4 Å². The minimum absolute atomic E-state index is 0.0717. The molecule has 9 heteroatoms. The van der Waals surface area contributed by atoms with Crippen molar-refractivity contribution in [1.82, 2.24) is 25.5 Å². The van der Waals surface area contributed by atoms with Crippen LogP contribution in [0, 0.1) is 5.41 Å². The number of ether oxygens (including phenoxy) is 1. The van der Waals surface area contributed by atoms with Gasteiger partial charge in [-0.05, 0) is 51.8 Å². The largest absolute Gasteiger partial charge is 0.492 e. The number of piperazine rings is 1. The number of likely N-dealkylation sites (N-methyl/N-ethyl adjacent to an activating group) is 1. The summed E-state index contributed by atoms with van der Waals surface area (Å²) in [5, 5.41) is 6.07. The summed E-state index contributed by atoms with van der Waals surface area (Å²) in [6.45, 7) is 9.77. The normalized spacial score (nSPS) is 18.7. The van der Waals surface area contributed by atoms with E-state index in [1.165, 1.54) is 0 Å². The number of carbonyl (C=O) groups is 2. The van der Waals surface area contributed by atoms with Crippen molar-refractivity contribution in [2.24, 2.45) is 5.41 Å². The highest BCUT2D eigenvalue weighted by Gasteiger charge is 2.44. The van der Waals surface area contributed by atoms with E-state index < -0.39 is 0 Å². The van der Waals surface area contributed by atoms with Crippen molar-refractivity contribution in [2.45, 2.75) is 65.3 Å². The highest BCUT2D eigenvalue weighted by Crippen LogP contribution is 2.43. The van der Waals surface area contributed by atoms with Crippen molar-refractivity contribution < 1.29 is 14.3 Å². The highest BCUT2D eigenvalue weighted by molar-refractivity contribution is 5.99. The van der Waals surface area contributed by atoms with E-state index in [9.17, 15) is 9.59 Å². The summed E-state index contributed by atoms with van der Waals surface area (Å²) in [6.07, 6.45) is 9.45. The number of anilines is 1. The second kappa shape index (κ2) is 13.2. The summed E-state index contributed by atoms with van der Waals surface area (Å²) in [7, 11) is 1.86. The third kappa shape index (κ3) is 6.19. The molecule has 2 N–H and O–H groups in total. The van der Waals surface area contributed by atoms with E-state index in [-0.39, 0.29) is 17.4 Å². The van der Waals surface area contributed by atoms with Gasteiger partial charge >= 0.3 is 0 Å². The lowest BCUT2D eigenvalue weighted by Gasteiger charge is -2.45. The zero-order valence-corrected chi connectivity index (χ0v) is 24.0. The average molecular weight is 537 g/mol. The molecule has 39 heavy (non-hydrogen) atoms. The lowest BCUT2D eigenvalue weighted by Crippen LogP contribution is -2.57. The second-order valence-electron chi connectivity index (χ2n) is 10.6. The van der Waals surface area contributed by atoms with Gasteiger partial charge in [0.1, 0.15) is 11.4 Å². The number of carbonyl (C=O) groups excluding carboxylic acids is 2. The molecule has 4 rings (SSSR count). The van der Waals surface area contributed by atoms with Gasteiger partial charge in [-0.2, -0.15) is 0 Å². The predicted molar refractivity (Wildman–Crippen MR) is 154 cm³/mol. The second-order valence-corrected chi connectivity index (χ2v) is 10.6. The zero-order valence-electron chi connectivity index (χ0n) is 24.0. The van der Waals surface area contributed by atoms with Crippen LogP contribution >= 0.6 is 0 Å². The van der Waals surface area contributed by atoms with Crippen LogP contribution in [-0.4, -0.2) is 79.1 Å². The monoisotopic (exact) mass is 536 g/mol. The average Bonchev–Trinajstić information content (AvgIpc) is 3.47. The Kier molecular flexibility index (Phi) is 9.78. The van der Waals surface area contributed by atoms with Gasteiger partial charge in [0.2, 0.25) is 5.91 Å². The van der Waals surface area contributed by atoms with E-state index >= 15 is 0 Å². The number of hydrogen-bond donors (Lipinski definition) is 2. The minimum Gasteiger partial charge on any atom is -0.492 e. The minimum atomic E-state index is -0.224.